The van der Waals surface area contributed by atoms with Crippen LogP contribution in [0.2, 0.25) is 0 Å². The highest BCUT2D eigenvalue weighted by Crippen LogP contribution is 2.39. The molecule has 1 aliphatic carbocycles. The van der Waals surface area contributed by atoms with Crippen LogP contribution in [0, 0.1) is 18.8 Å². The molecule has 4 aliphatic rings. The molecule has 6 heterocycles. The van der Waals surface area contributed by atoms with Gasteiger partial charge in [0.1, 0.15) is 17.2 Å². The van der Waals surface area contributed by atoms with Crippen molar-refractivity contribution in [2.45, 2.75) is 110 Å². The van der Waals surface area contributed by atoms with Crippen molar-refractivity contribution in [3.63, 3.8) is 0 Å². The number of rotatable bonds is 13. The number of aryl methyl sites for hydroxylation is 1. The fraction of sp³-hybridized carbons (Fsp3) is 0.426. The monoisotopic (exact) mass is 1060 g/mol. The Morgan fingerprint density at radius 2 is 1.64 bits per heavy atom. The van der Waals surface area contributed by atoms with Gasteiger partial charge in [0, 0.05) is 81.5 Å². The molecule has 3 aromatic heterocycles. The number of piperidine rings is 1. The van der Waals surface area contributed by atoms with E-state index in [0.29, 0.717) is 66.3 Å². The fourth-order valence-electron chi connectivity index (χ4n) is 12.1. The molecule has 1 unspecified atom stereocenters. The second kappa shape index (κ2) is 21.7. The number of benzene rings is 4. The summed E-state index contributed by atoms with van der Waals surface area (Å²) in [5.74, 6) is 1.13. The first-order chi connectivity index (χ1) is 37.1. The van der Waals surface area contributed by atoms with Crippen molar-refractivity contribution in [1.29, 1.82) is 0 Å². The van der Waals surface area contributed by atoms with E-state index in [4.69, 9.17) is 19.6 Å². The van der Waals surface area contributed by atoms with Crippen LogP contribution in [0.3, 0.4) is 0 Å². The largest absolute Gasteiger partial charge is 0.490 e. The second-order valence-corrected chi connectivity index (χ2v) is 23.7. The minimum atomic E-state index is -0.734. The maximum Gasteiger partial charge on any atom is 0.358 e. The second-order valence-electron chi connectivity index (χ2n) is 22.7. The Labute approximate surface area is 454 Å². The van der Waals surface area contributed by atoms with E-state index in [2.05, 4.69) is 68.4 Å². The minimum absolute atomic E-state index is 0.110. The smallest absolute Gasteiger partial charge is 0.358 e. The number of nitrogens with zero attached hydrogens (tertiary/aromatic N) is 7. The van der Waals surface area contributed by atoms with Gasteiger partial charge in [-0.1, -0.05) is 54.7 Å². The van der Waals surface area contributed by atoms with Crippen LogP contribution >= 0.6 is 11.3 Å². The first-order valence-corrected chi connectivity index (χ1v) is 28.2. The average molecular weight is 1060 g/mol. The van der Waals surface area contributed by atoms with Gasteiger partial charge in [0.05, 0.1) is 33.4 Å². The zero-order valence-electron chi connectivity index (χ0n) is 45.1. The van der Waals surface area contributed by atoms with Gasteiger partial charge in [0.25, 0.3) is 5.91 Å². The molecule has 15 nitrogen and oxygen atoms in total. The summed E-state index contributed by atoms with van der Waals surface area (Å²) >= 11 is 1.45. The number of imide groups is 1. The molecule has 2 N–H and O–H groups in total. The third-order valence-corrected chi connectivity index (χ3v) is 16.9. The highest BCUT2D eigenvalue weighted by atomic mass is 32.1. The molecule has 4 aromatic carbocycles. The van der Waals surface area contributed by atoms with Crippen molar-refractivity contribution in [2.75, 3.05) is 54.4 Å². The molecule has 16 heteroatoms. The molecule has 2 saturated heterocycles. The zero-order chi connectivity index (χ0) is 53.5. The summed E-state index contributed by atoms with van der Waals surface area (Å²) in [6.07, 6.45) is 7.11. The number of thiazole rings is 1. The minimum Gasteiger partial charge on any atom is -0.490 e. The third kappa shape index (κ3) is 11.3. The maximum atomic E-state index is 14.2. The molecule has 77 heavy (non-hydrogen) atoms. The van der Waals surface area contributed by atoms with Crippen molar-refractivity contribution in [3.05, 3.63) is 125 Å². The topological polar surface area (TPSA) is 164 Å². The summed E-state index contributed by atoms with van der Waals surface area (Å²) in [6.45, 7) is 16.2. The van der Waals surface area contributed by atoms with Crippen LogP contribution in [0.5, 0.6) is 5.75 Å². The molecule has 1 saturated carbocycles. The molecule has 3 fully saturated rings. The van der Waals surface area contributed by atoms with E-state index in [1.54, 1.807) is 0 Å². The Kier molecular flexibility index (Phi) is 14.6. The van der Waals surface area contributed by atoms with E-state index in [1.165, 1.54) is 23.4 Å². The Balaban J connectivity index is 0.700. The standard InChI is InChI=1S/C61H69N9O6S/c1-37(35-68-29-31-69(32-30-68)41-19-22-46-50(34-41)67(6)66-55(46)47-24-26-54(71)64-58(47)73)33-39-17-20-42(21-18-39)75-51-15-10-12-43(38(51)2)44-23-25-53(63-56(44)59(74)76-61(3,4)5)70-28-27-40-11-9-13-45(48(40)36-70)57(72)65-60-62-49-14-7-8-16-52(49)77-60/h7-16,19,22-23,25,34,37,39,42,47H,17-18,20-21,24,26-33,35-36H2,1-6H3,(H,62,65,72)(H,64,71,73)/t37-,39?,42?,47?/m1/s1. The van der Waals surface area contributed by atoms with E-state index >= 15 is 0 Å². The van der Waals surface area contributed by atoms with Gasteiger partial charge in [-0.2, -0.15) is 5.10 Å². The number of carbonyl (C=O) groups excluding carboxylic acids is 4. The van der Waals surface area contributed by atoms with E-state index in [-0.39, 0.29) is 29.5 Å². The molecule has 11 rings (SSSR count). The number of nitrogens with one attached hydrogen (secondary N) is 2. The lowest BCUT2D eigenvalue weighted by Gasteiger charge is -2.38. The number of pyridine rings is 1. The van der Waals surface area contributed by atoms with Crippen LogP contribution in [0.15, 0.2) is 91.0 Å². The highest BCUT2D eigenvalue weighted by Gasteiger charge is 2.33. The summed E-state index contributed by atoms with van der Waals surface area (Å²) in [4.78, 5) is 69.3. The van der Waals surface area contributed by atoms with Gasteiger partial charge in [-0.15, -0.1) is 0 Å². The molecule has 0 radical (unpaired) electrons. The lowest BCUT2D eigenvalue weighted by molar-refractivity contribution is -0.134. The molecule has 3 aliphatic heterocycles. The molecule has 7 aromatic rings. The third-order valence-electron chi connectivity index (χ3n) is 16.0. The van der Waals surface area contributed by atoms with E-state index in [1.807, 2.05) is 99.2 Å². The van der Waals surface area contributed by atoms with Gasteiger partial charge < -0.3 is 19.3 Å². The first kappa shape index (κ1) is 51.9. The van der Waals surface area contributed by atoms with Gasteiger partial charge in [-0.25, -0.2) is 14.8 Å². The van der Waals surface area contributed by atoms with E-state index in [0.717, 1.165) is 113 Å². The summed E-state index contributed by atoms with van der Waals surface area (Å²) < 4.78 is 15.7. The Morgan fingerprint density at radius 3 is 2.42 bits per heavy atom. The van der Waals surface area contributed by atoms with Crippen LogP contribution < -0.4 is 25.2 Å². The maximum absolute atomic E-state index is 14.2. The van der Waals surface area contributed by atoms with E-state index in [9.17, 15) is 19.2 Å². The highest BCUT2D eigenvalue weighted by molar-refractivity contribution is 7.22. The zero-order valence-corrected chi connectivity index (χ0v) is 45.9. The SMILES string of the molecule is Cc1c(OC2CCC(C[C@@H](C)CN3CCN(c4ccc5c(C6CCC(=O)NC6=O)nn(C)c5c4)CC3)CC2)cccc1-c1ccc(N2CCc3cccc(C(=O)Nc4nc5ccccc5s4)c3C2)nc1C(=O)OC(C)(C)C. The Morgan fingerprint density at radius 1 is 0.844 bits per heavy atom. The van der Waals surface area contributed by atoms with Gasteiger partial charge in [0.15, 0.2) is 10.8 Å². The summed E-state index contributed by atoms with van der Waals surface area (Å²) in [7, 11) is 1.92. The summed E-state index contributed by atoms with van der Waals surface area (Å²) in [5.41, 5.74) is 8.43. The normalized spacial score (nSPS) is 19.7. The molecule has 2 atom stereocenters. The lowest BCUT2D eigenvalue weighted by Crippen LogP contribution is -2.47. The fourth-order valence-corrected chi connectivity index (χ4v) is 12.9. The van der Waals surface area contributed by atoms with Crippen molar-refractivity contribution in [1.82, 2.24) is 30.0 Å². The number of hydrogen-bond acceptors (Lipinski definition) is 13. The Bertz CT molecular complexity index is 3350. The van der Waals surface area contributed by atoms with Gasteiger partial charge in [-0.3, -0.25) is 34.6 Å². The first-order valence-electron chi connectivity index (χ1n) is 27.4. The number of aromatic nitrogens is 4. The number of anilines is 3. The number of piperazine rings is 1. The van der Waals surface area contributed by atoms with Crippen LogP contribution in [-0.4, -0.2) is 99.3 Å². The predicted octanol–water partition coefficient (Wildman–Crippen LogP) is 10.6. The van der Waals surface area contributed by atoms with Crippen LogP contribution in [0.1, 0.15) is 122 Å². The number of amides is 3. The van der Waals surface area contributed by atoms with Crippen molar-refractivity contribution in [3.8, 4) is 16.9 Å². The number of ether oxygens (including phenoxy) is 2. The van der Waals surface area contributed by atoms with Crippen molar-refractivity contribution < 1.29 is 28.7 Å². The van der Waals surface area contributed by atoms with Crippen LogP contribution in [0.4, 0.5) is 16.6 Å². The number of para-hydroxylation sites is 1. The Hall–Kier alpha value is -7.17. The molecular formula is C61H69N9O6S. The van der Waals surface area contributed by atoms with Crippen molar-refractivity contribution >= 4 is 72.8 Å². The van der Waals surface area contributed by atoms with Crippen molar-refractivity contribution in [2.24, 2.45) is 18.9 Å². The quantitative estimate of drug-likeness (QED) is 0.0831. The molecule has 0 bridgehead atoms. The molecule has 3 amide bonds. The molecule has 400 valence electrons. The van der Waals surface area contributed by atoms with Gasteiger partial charge in [0.2, 0.25) is 11.8 Å². The van der Waals surface area contributed by atoms with Crippen LogP contribution in [0.25, 0.3) is 32.2 Å². The average Bonchev–Trinajstić information content (AvgIpc) is 4.09. The van der Waals surface area contributed by atoms with Gasteiger partial charge >= 0.3 is 5.97 Å². The predicted molar refractivity (Wildman–Crippen MR) is 303 cm³/mol. The number of fused-ring (bicyclic) bond motifs is 3. The number of carbonyl (C=O) groups is 4. The summed E-state index contributed by atoms with van der Waals surface area (Å²) in [6, 6.07) is 30.2. The van der Waals surface area contributed by atoms with E-state index < -0.39 is 17.5 Å². The van der Waals surface area contributed by atoms with Crippen LogP contribution in [-0.2, 0) is 34.3 Å². The number of hydrogen-bond donors (Lipinski definition) is 2. The van der Waals surface area contributed by atoms with Gasteiger partial charge in [-0.05, 0) is 161 Å². The lowest BCUT2D eigenvalue weighted by atomic mass is 9.82. The summed E-state index contributed by atoms with van der Waals surface area (Å²) in [5, 5.41) is 11.8. The number of esters is 1. The molecular weight excluding hydrogens is 987 g/mol. The molecule has 0 spiro atoms.